The van der Waals surface area contributed by atoms with Crippen molar-refractivity contribution in [1.29, 1.82) is 0 Å². The summed E-state index contributed by atoms with van der Waals surface area (Å²) in [4.78, 5) is 21.0. The van der Waals surface area contributed by atoms with E-state index >= 15 is 0 Å². The zero-order valence-corrected chi connectivity index (χ0v) is 17.3. The molecule has 0 aliphatic rings. The molecular weight excluding hydrogens is 399 g/mol. The van der Waals surface area contributed by atoms with Crippen molar-refractivity contribution in [2.75, 3.05) is 0 Å². The maximum absolute atomic E-state index is 14.5. The van der Waals surface area contributed by atoms with E-state index in [2.05, 4.69) is 27.4 Å². The summed E-state index contributed by atoms with van der Waals surface area (Å²) in [5.41, 5.74) is 3.08. The summed E-state index contributed by atoms with van der Waals surface area (Å²) < 4.78 is 16.2. The predicted molar refractivity (Wildman–Crippen MR) is 115 cm³/mol. The molecule has 1 amide bonds. The van der Waals surface area contributed by atoms with Gasteiger partial charge in [0.05, 0.1) is 22.8 Å². The van der Waals surface area contributed by atoms with Crippen LogP contribution < -0.4 is 5.32 Å². The van der Waals surface area contributed by atoms with Crippen LogP contribution in [0.5, 0.6) is 0 Å². The molecule has 2 aromatic heterocycles. The van der Waals surface area contributed by atoms with E-state index in [1.807, 2.05) is 30.5 Å². The third kappa shape index (κ3) is 4.80. The molecule has 0 bridgehead atoms. The molecule has 0 aliphatic heterocycles. The summed E-state index contributed by atoms with van der Waals surface area (Å²) in [7, 11) is 0. The fourth-order valence-corrected chi connectivity index (χ4v) is 4.03. The average Bonchev–Trinajstić information content (AvgIpc) is 3.36. The van der Waals surface area contributed by atoms with Gasteiger partial charge in [-0.1, -0.05) is 36.4 Å². The highest BCUT2D eigenvalue weighted by Crippen LogP contribution is 2.17. The molecule has 5 nitrogen and oxygen atoms in total. The molecule has 0 aliphatic carbocycles. The van der Waals surface area contributed by atoms with Crippen LogP contribution in [-0.2, 0) is 24.2 Å². The van der Waals surface area contributed by atoms with E-state index < -0.39 is 0 Å². The zero-order valence-electron chi connectivity index (χ0n) is 16.5. The number of rotatable bonds is 7. The van der Waals surface area contributed by atoms with Crippen molar-refractivity contribution < 1.29 is 9.18 Å². The number of thiazole rings is 1. The van der Waals surface area contributed by atoms with Crippen LogP contribution in [0.15, 0.2) is 66.3 Å². The maximum atomic E-state index is 14.5. The minimum Gasteiger partial charge on any atom is -0.352 e. The number of carbonyl (C=O) groups excluding carboxylic acids is 1. The highest BCUT2D eigenvalue weighted by Gasteiger charge is 2.11. The topological polar surface area (TPSA) is 59.8 Å². The summed E-state index contributed by atoms with van der Waals surface area (Å²) in [6.07, 6.45) is 4.32. The molecule has 7 heteroatoms. The van der Waals surface area contributed by atoms with Crippen LogP contribution in [0.3, 0.4) is 0 Å². The predicted octanol–water partition coefficient (Wildman–Crippen LogP) is 4.23. The van der Waals surface area contributed by atoms with E-state index in [4.69, 9.17) is 0 Å². The van der Waals surface area contributed by atoms with E-state index in [1.165, 1.54) is 11.6 Å². The largest absolute Gasteiger partial charge is 0.352 e. The summed E-state index contributed by atoms with van der Waals surface area (Å²) in [5, 5.41) is 5.74. The highest BCUT2D eigenvalue weighted by molar-refractivity contribution is 7.09. The third-order valence-electron chi connectivity index (χ3n) is 4.73. The fourth-order valence-electron chi connectivity index (χ4n) is 3.20. The van der Waals surface area contributed by atoms with Crippen molar-refractivity contribution >= 4 is 17.2 Å². The number of nitrogens with one attached hydrogen (secondary N) is 1. The summed E-state index contributed by atoms with van der Waals surface area (Å²) in [6, 6.07) is 15.1. The molecule has 152 valence electrons. The van der Waals surface area contributed by atoms with Gasteiger partial charge in [0.15, 0.2) is 0 Å². The second-order valence-electron chi connectivity index (χ2n) is 6.98. The Morgan fingerprint density at radius 2 is 2.00 bits per heavy atom. The fraction of sp³-hybridized carbons (Fsp3) is 0.174. The normalized spacial score (nSPS) is 10.9. The summed E-state index contributed by atoms with van der Waals surface area (Å²) in [6.45, 7) is 2.08. The van der Waals surface area contributed by atoms with Gasteiger partial charge in [-0.25, -0.2) is 14.4 Å². The number of benzene rings is 2. The first-order valence-electron chi connectivity index (χ1n) is 9.61. The van der Waals surface area contributed by atoms with Gasteiger partial charge in [-0.2, -0.15) is 0 Å². The number of halogens is 1. The van der Waals surface area contributed by atoms with Crippen LogP contribution in [0.25, 0.3) is 5.69 Å². The Balaban J connectivity index is 1.32. The highest BCUT2D eigenvalue weighted by atomic mass is 32.1. The van der Waals surface area contributed by atoms with Gasteiger partial charge in [-0.3, -0.25) is 4.79 Å². The first-order chi connectivity index (χ1) is 14.6. The van der Waals surface area contributed by atoms with Gasteiger partial charge in [0.1, 0.15) is 11.6 Å². The lowest BCUT2D eigenvalue weighted by molar-refractivity contribution is -0.120. The molecule has 0 unspecified atom stereocenters. The van der Waals surface area contributed by atoms with Gasteiger partial charge < -0.3 is 9.88 Å². The minimum atomic E-state index is -0.354. The molecule has 30 heavy (non-hydrogen) atoms. The Kier molecular flexibility index (Phi) is 5.99. The Morgan fingerprint density at radius 3 is 2.73 bits per heavy atom. The number of aryl methyl sites for hydroxylation is 1. The van der Waals surface area contributed by atoms with Crippen molar-refractivity contribution in [2.45, 2.75) is 26.3 Å². The second kappa shape index (κ2) is 9.00. The molecule has 2 aromatic carbocycles. The Bertz CT molecular complexity index is 1150. The zero-order chi connectivity index (χ0) is 20.9. The lowest BCUT2D eigenvalue weighted by Gasteiger charge is -2.09. The molecular formula is C23H21FN4OS. The van der Waals surface area contributed by atoms with E-state index in [0.717, 1.165) is 17.1 Å². The van der Waals surface area contributed by atoms with Gasteiger partial charge >= 0.3 is 0 Å². The summed E-state index contributed by atoms with van der Waals surface area (Å²) >= 11 is 1.56. The van der Waals surface area contributed by atoms with Gasteiger partial charge in [0.25, 0.3) is 0 Å². The smallest absolute Gasteiger partial charge is 0.226 e. The third-order valence-corrected chi connectivity index (χ3v) is 5.62. The molecule has 2 heterocycles. The number of hydrogen-bond acceptors (Lipinski definition) is 4. The number of aromatic nitrogens is 3. The molecule has 0 saturated carbocycles. The minimum absolute atomic E-state index is 0.138. The first-order valence-corrected chi connectivity index (χ1v) is 10.5. The van der Waals surface area contributed by atoms with E-state index in [9.17, 15) is 9.18 Å². The van der Waals surface area contributed by atoms with E-state index in [0.29, 0.717) is 17.1 Å². The Hall–Kier alpha value is -3.32. The molecule has 0 atom stereocenters. The maximum Gasteiger partial charge on any atom is 0.226 e. The Morgan fingerprint density at radius 1 is 1.17 bits per heavy atom. The number of imidazole rings is 1. The number of nitrogens with zero attached hydrogens (tertiary/aromatic N) is 3. The van der Waals surface area contributed by atoms with Crippen molar-refractivity contribution in [1.82, 2.24) is 19.9 Å². The van der Waals surface area contributed by atoms with Crippen LogP contribution in [0, 0.1) is 12.7 Å². The molecule has 0 saturated heterocycles. The molecule has 4 aromatic rings. The van der Waals surface area contributed by atoms with Crippen LogP contribution >= 0.6 is 11.3 Å². The molecule has 0 fully saturated rings. The van der Waals surface area contributed by atoms with Crippen LogP contribution in [0.1, 0.15) is 27.7 Å². The standard InChI is InChI=1S/C23H21FN4OS/c1-16-25-9-10-28(16)21-8-7-18(11-20(21)24)14-26-22(29)13-19-15-30-23(27-19)12-17-5-3-2-4-6-17/h2-11,15H,12-14H2,1H3,(H,26,29). The van der Waals surface area contributed by atoms with Gasteiger partial charge in [-0.05, 0) is 30.2 Å². The van der Waals surface area contributed by atoms with Crippen molar-refractivity contribution in [3.05, 3.63) is 99.8 Å². The molecule has 1 N–H and O–H groups in total. The van der Waals surface area contributed by atoms with Gasteiger partial charge in [-0.15, -0.1) is 11.3 Å². The second-order valence-corrected chi connectivity index (χ2v) is 7.92. The molecule has 4 rings (SSSR count). The van der Waals surface area contributed by atoms with Gasteiger partial charge in [0.2, 0.25) is 5.91 Å². The Labute approximate surface area is 178 Å². The van der Waals surface area contributed by atoms with Gasteiger partial charge in [0, 0.05) is 30.7 Å². The number of carbonyl (C=O) groups is 1. The quantitative estimate of drug-likeness (QED) is 0.487. The monoisotopic (exact) mass is 420 g/mol. The SMILES string of the molecule is Cc1nccn1-c1ccc(CNC(=O)Cc2csc(Cc3ccccc3)n2)cc1F. The molecule has 0 spiro atoms. The van der Waals surface area contributed by atoms with Crippen LogP contribution in [-0.4, -0.2) is 20.4 Å². The lowest BCUT2D eigenvalue weighted by atomic mass is 10.2. The van der Waals surface area contributed by atoms with Crippen molar-refractivity contribution in [3.8, 4) is 5.69 Å². The van der Waals surface area contributed by atoms with Crippen molar-refractivity contribution in [2.24, 2.45) is 0 Å². The number of amides is 1. The summed E-state index contributed by atoms with van der Waals surface area (Å²) in [5.74, 6) is 0.222. The van der Waals surface area contributed by atoms with E-state index in [-0.39, 0.29) is 24.7 Å². The van der Waals surface area contributed by atoms with Crippen LogP contribution in [0.2, 0.25) is 0 Å². The lowest BCUT2D eigenvalue weighted by Crippen LogP contribution is -2.24. The molecule has 0 radical (unpaired) electrons. The van der Waals surface area contributed by atoms with E-state index in [1.54, 1.807) is 40.4 Å². The first kappa shape index (κ1) is 20.0. The number of hydrogen-bond donors (Lipinski definition) is 1. The van der Waals surface area contributed by atoms with Crippen molar-refractivity contribution in [3.63, 3.8) is 0 Å². The van der Waals surface area contributed by atoms with Crippen LogP contribution in [0.4, 0.5) is 4.39 Å². The average molecular weight is 421 g/mol.